The summed E-state index contributed by atoms with van der Waals surface area (Å²) in [5.41, 5.74) is 7.71. The third kappa shape index (κ3) is 3.47. The van der Waals surface area contributed by atoms with Crippen molar-refractivity contribution >= 4 is 5.69 Å². The highest BCUT2D eigenvalue weighted by Crippen LogP contribution is 2.29. The molecule has 1 saturated carbocycles. The quantitative estimate of drug-likeness (QED) is 0.804. The lowest BCUT2D eigenvalue weighted by Gasteiger charge is -2.30. The van der Waals surface area contributed by atoms with Gasteiger partial charge in [-0.25, -0.2) is 0 Å². The van der Waals surface area contributed by atoms with Crippen LogP contribution in [-0.4, -0.2) is 6.10 Å². The monoisotopic (exact) mass is 233 g/mol. The Kier molecular flexibility index (Phi) is 4.43. The molecule has 0 saturated heterocycles. The second kappa shape index (κ2) is 6.06. The third-order valence-electron chi connectivity index (χ3n) is 3.81. The van der Waals surface area contributed by atoms with E-state index < -0.39 is 0 Å². The van der Waals surface area contributed by atoms with Crippen LogP contribution in [0.15, 0.2) is 24.3 Å². The van der Waals surface area contributed by atoms with Crippen LogP contribution in [0.25, 0.3) is 0 Å². The first kappa shape index (κ1) is 12.4. The molecule has 2 nitrogen and oxygen atoms in total. The number of nitrogen functional groups attached to an aromatic ring is 1. The number of nitrogens with two attached hydrogens (primary N) is 1. The molecule has 2 rings (SSSR count). The number of ether oxygens (including phenoxy) is 1. The van der Waals surface area contributed by atoms with Gasteiger partial charge >= 0.3 is 0 Å². The Morgan fingerprint density at radius 2 is 1.88 bits per heavy atom. The van der Waals surface area contributed by atoms with Crippen molar-refractivity contribution in [2.75, 3.05) is 5.73 Å². The lowest BCUT2D eigenvalue weighted by molar-refractivity contribution is -0.0221. The van der Waals surface area contributed by atoms with Crippen molar-refractivity contribution in [2.45, 2.75) is 51.7 Å². The van der Waals surface area contributed by atoms with Crippen molar-refractivity contribution in [3.05, 3.63) is 29.8 Å². The number of hydrogen-bond donors (Lipinski definition) is 1. The van der Waals surface area contributed by atoms with Gasteiger partial charge in [0.25, 0.3) is 0 Å². The molecule has 1 fully saturated rings. The predicted octanol–water partition coefficient (Wildman–Crippen LogP) is 3.75. The van der Waals surface area contributed by atoms with Gasteiger partial charge in [-0.1, -0.05) is 38.3 Å². The lowest BCUT2D eigenvalue weighted by atomic mass is 9.85. The molecule has 94 valence electrons. The topological polar surface area (TPSA) is 35.2 Å². The Labute approximate surface area is 104 Å². The molecule has 1 aromatic rings. The van der Waals surface area contributed by atoms with Gasteiger partial charge < -0.3 is 10.5 Å². The van der Waals surface area contributed by atoms with Gasteiger partial charge in [-0.15, -0.1) is 0 Å². The van der Waals surface area contributed by atoms with Crippen molar-refractivity contribution in [1.29, 1.82) is 0 Å². The van der Waals surface area contributed by atoms with Crippen LogP contribution in [0.3, 0.4) is 0 Å². The van der Waals surface area contributed by atoms with Gasteiger partial charge in [-0.2, -0.15) is 0 Å². The van der Waals surface area contributed by atoms with E-state index in [0.717, 1.165) is 18.2 Å². The summed E-state index contributed by atoms with van der Waals surface area (Å²) in [7, 11) is 0. The summed E-state index contributed by atoms with van der Waals surface area (Å²) in [6.07, 6.45) is 6.97. The van der Waals surface area contributed by atoms with Crippen LogP contribution in [0, 0.1) is 5.92 Å². The summed E-state index contributed by atoms with van der Waals surface area (Å²) < 4.78 is 6.07. The van der Waals surface area contributed by atoms with E-state index >= 15 is 0 Å². The number of anilines is 1. The smallest absolute Gasteiger partial charge is 0.0720 e. The van der Waals surface area contributed by atoms with E-state index in [2.05, 4.69) is 19.1 Å². The average molecular weight is 233 g/mol. The van der Waals surface area contributed by atoms with Crippen molar-refractivity contribution in [3.8, 4) is 0 Å². The summed E-state index contributed by atoms with van der Waals surface area (Å²) in [6, 6.07) is 7.99. The zero-order chi connectivity index (χ0) is 12.1. The van der Waals surface area contributed by atoms with E-state index in [1.54, 1.807) is 0 Å². The molecule has 2 N–H and O–H groups in total. The average Bonchev–Trinajstić information content (AvgIpc) is 2.38. The molecule has 2 unspecified atom stereocenters. The van der Waals surface area contributed by atoms with Crippen LogP contribution in [-0.2, 0) is 11.3 Å². The summed E-state index contributed by atoms with van der Waals surface area (Å²) in [5, 5.41) is 0. The van der Waals surface area contributed by atoms with E-state index in [-0.39, 0.29) is 0 Å². The van der Waals surface area contributed by atoms with Gasteiger partial charge in [-0.05, 0) is 36.5 Å². The Balaban J connectivity index is 1.86. The minimum atomic E-state index is 0.464. The van der Waals surface area contributed by atoms with Crippen molar-refractivity contribution in [2.24, 2.45) is 5.92 Å². The Morgan fingerprint density at radius 1 is 1.18 bits per heavy atom. The predicted molar refractivity (Wildman–Crippen MR) is 71.7 cm³/mol. The van der Waals surface area contributed by atoms with E-state index in [4.69, 9.17) is 10.5 Å². The minimum absolute atomic E-state index is 0.464. The fourth-order valence-electron chi connectivity index (χ4n) is 2.68. The third-order valence-corrected chi connectivity index (χ3v) is 3.81. The largest absolute Gasteiger partial charge is 0.399 e. The normalized spacial score (nSPS) is 24.8. The molecule has 17 heavy (non-hydrogen) atoms. The fraction of sp³-hybridized carbons (Fsp3) is 0.600. The Bertz CT molecular complexity index is 333. The van der Waals surface area contributed by atoms with Gasteiger partial charge in [0.05, 0.1) is 12.7 Å². The minimum Gasteiger partial charge on any atom is -0.399 e. The maximum absolute atomic E-state index is 6.07. The van der Waals surface area contributed by atoms with Crippen LogP contribution in [0.1, 0.15) is 44.6 Å². The molecule has 0 radical (unpaired) electrons. The van der Waals surface area contributed by atoms with Crippen LogP contribution < -0.4 is 5.73 Å². The first-order chi connectivity index (χ1) is 8.29. The van der Waals surface area contributed by atoms with E-state index in [1.165, 1.54) is 37.7 Å². The van der Waals surface area contributed by atoms with Crippen molar-refractivity contribution < 1.29 is 4.74 Å². The highest BCUT2D eigenvalue weighted by Gasteiger charge is 2.23. The van der Waals surface area contributed by atoms with Gasteiger partial charge in [0, 0.05) is 5.69 Å². The van der Waals surface area contributed by atoms with E-state index in [1.807, 2.05) is 12.1 Å². The molecule has 2 heteroatoms. The van der Waals surface area contributed by atoms with Crippen LogP contribution in [0.2, 0.25) is 0 Å². The first-order valence-electron chi connectivity index (χ1n) is 6.75. The molecular weight excluding hydrogens is 210 g/mol. The lowest BCUT2D eigenvalue weighted by Crippen LogP contribution is -2.27. The van der Waals surface area contributed by atoms with Crippen molar-refractivity contribution in [1.82, 2.24) is 0 Å². The van der Waals surface area contributed by atoms with Crippen LogP contribution in [0.5, 0.6) is 0 Å². The Hall–Kier alpha value is -1.02. The molecule has 1 aromatic carbocycles. The van der Waals surface area contributed by atoms with Crippen LogP contribution >= 0.6 is 0 Å². The summed E-state index contributed by atoms with van der Waals surface area (Å²) in [5.74, 6) is 0.762. The SMILES string of the molecule is CCC1CCCCC1OCc1ccc(N)cc1. The highest BCUT2D eigenvalue weighted by molar-refractivity contribution is 5.39. The van der Waals surface area contributed by atoms with Gasteiger partial charge in [-0.3, -0.25) is 0 Å². The molecule has 1 aliphatic rings. The van der Waals surface area contributed by atoms with Gasteiger partial charge in [0.2, 0.25) is 0 Å². The molecule has 0 amide bonds. The molecular formula is C15H23NO. The molecule has 0 aliphatic heterocycles. The van der Waals surface area contributed by atoms with E-state index in [9.17, 15) is 0 Å². The van der Waals surface area contributed by atoms with Gasteiger partial charge in [0.15, 0.2) is 0 Å². The van der Waals surface area contributed by atoms with Crippen molar-refractivity contribution in [3.63, 3.8) is 0 Å². The highest BCUT2D eigenvalue weighted by atomic mass is 16.5. The van der Waals surface area contributed by atoms with Crippen LogP contribution in [0.4, 0.5) is 5.69 Å². The standard InChI is InChI=1S/C15H23NO/c1-2-13-5-3-4-6-15(13)17-11-12-7-9-14(16)10-8-12/h7-10,13,15H,2-6,11,16H2,1H3. The number of benzene rings is 1. The Morgan fingerprint density at radius 3 is 2.59 bits per heavy atom. The van der Waals surface area contributed by atoms with E-state index in [0.29, 0.717) is 6.10 Å². The number of rotatable bonds is 4. The second-order valence-corrected chi connectivity index (χ2v) is 5.04. The molecule has 0 aromatic heterocycles. The first-order valence-corrected chi connectivity index (χ1v) is 6.75. The maximum Gasteiger partial charge on any atom is 0.0720 e. The molecule has 0 spiro atoms. The summed E-state index contributed by atoms with van der Waals surface area (Å²) in [4.78, 5) is 0. The second-order valence-electron chi connectivity index (χ2n) is 5.04. The number of hydrogen-bond acceptors (Lipinski definition) is 2. The zero-order valence-electron chi connectivity index (χ0n) is 10.7. The summed E-state index contributed by atoms with van der Waals surface area (Å²) >= 11 is 0. The molecule has 1 aliphatic carbocycles. The fourth-order valence-corrected chi connectivity index (χ4v) is 2.68. The molecule has 2 atom stereocenters. The zero-order valence-corrected chi connectivity index (χ0v) is 10.7. The van der Waals surface area contributed by atoms with Gasteiger partial charge in [0.1, 0.15) is 0 Å². The molecule has 0 heterocycles. The summed E-state index contributed by atoms with van der Waals surface area (Å²) in [6.45, 7) is 3.00. The maximum atomic E-state index is 6.07. The molecule has 0 bridgehead atoms.